The topological polar surface area (TPSA) is 60.0 Å². The molecular formula is C28H27ClF4N2O4. The van der Waals surface area contributed by atoms with Crippen molar-refractivity contribution >= 4 is 28.9 Å². The maximum atomic E-state index is 15.1. The molecule has 0 bridgehead atoms. The molecule has 1 heterocycles. The summed E-state index contributed by atoms with van der Waals surface area (Å²) in [5, 5.41) is 3.22. The lowest BCUT2D eigenvalue weighted by Gasteiger charge is -2.27. The zero-order valence-corrected chi connectivity index (χ0v) is 22.0. The van der Waals surface area contributed by atoms with Crippen LogP contribution in [-0.4, -0.2) is 32.5 Å². The number of fused-ring (bicyclic) bond motifs is 1. The van der Waals surface area contributed by atoms with Gasteiger partial charge in [0, 0.05) is 47.1 Å². The minimum Gasteiger partial charge on any atom is -0.497 e. The van der Waals surface area contributed by atoms with E-state index in [4.69, 9.17) is 21.1 Å². The van der Waals surface area contributed by atoms with Crippen LogP contribution in [0.5, 0.6) is 17.2 Å². The third-order valence-corrected chi connectivity index (χ3v) is 6.40. The van der Waals surface area contributed by atoms with Crippen LogP contribution < -0.4 is 24.4 Å². The first-order chi connectivity index (χ1) is 18.6. The summed E-state index contributed by atoms with van der Waals surface area (Å²) in [4.78, 5) is 15.3. The normalized spacial score (nSPS) is 13.6. The second-order valence-electron chi connectivity index (χ2n) is 8.92. The monoisotopic (exact) mass is 566 g/mol. The van der Waals surface area contributed by atoms with E-state index in [9.17, 15) is 18.0 Å². The molecule has 39 heavy (non-hydrogen) atoms. The number of ether oxygens (including phenoxy) is 3. The number of nitrogens with zero attached hydrogens (tertiary/aromatic N) is 1. The second-order valence-corrected chi connectivity index (χ2v) is 9.36. The van der Waals surface area contributed by atoms with Crippen molar-refractivity contribution in [2.45, 2.75) is 38.6 Å². The highest BCUT2D eigenvalue weighted by atomic mass is 35.5. The van der Waals surface area contributed by atoms with Gasteiger partial charge in [0.2, 0.25) is 0 Å². The molecule has 208 valence electrons. The van der Waals surface area contributed by atoms with E-state index in [0.29, 0.717) is 35.8 Å². The van der Waals surface area contributed by atoms with Gasteiger partial charge in [0.15, 0.2) is 0 Å². The predicted molar refractivity (Wildman–Crippen MR) is 140 cm³/mol. The average Bonchev–Trinajstić information content (AvgIpc) is 3.29. The molecule has 3 aromatic rings. The number of halogens is 5. The van der Waals surface area contributed by atoms with Gasteiger partial charge in [-0.05, 0) is 36.6 Å². The fourth-order valence-corrected chi connectivity index (χ4v) is 4.47. The molecule has 1 unspecified atom stereocenters. The van der Waals surface area contributed by atoms with E-state index in [1.54, 1.807) is 18.2 Å². The molecule has 0 spiro atoms. The highest BCUT2D eigenvalue weighted by Crippen LogP contribution is 2.37. The van der Waals surface area contributed by atoms with Gasteiger partial charge in [-0.1, -0.05) is 37.1 Å². The van der Waals surface area contributed by atoms with Crippen molar-refractivity contribution in [2.75, 3.05) is 30.5 Å². The second kappa shape index (κ2) is 12.0. The molecule has 0 aromatic heterocycles. The van der Waals surface area contributed by atoms with Crippen molar-refractivity contribution in [2.24, 2.45) is 0 Å². The number of nitrogens with one attached hydrogen (secondary N) is 1. The third-order valence-electron chi connectivity index (χ3n) is 6.17. The quantitative estimate of drug-likeness (QED) is 0.206. The number of rotatable bonds is 10. The number of alkyl halides is 3. The van der Waals surface area contributed by atoms with Crippen LogP contribution in [0.25, 0.3) is 0 Å². The van der Waals surface area contributed by atoms with Crippen LogP contribution in [-0.2, 0) is 11.2 Å². The fourth-order valence-electron chi connectivity index (χ4n) is 4.31. The van der Waals surface area contributed by atoms with Crippen molar-refractivity contribution in [1.29, 1.82) is 0 Å². The SMILES string of the molecule is CCCCOc1cc(NC(C(=O)N2CCc3ccc(OC(F)(F)F)cc32)c2ccc(Cl)cc2F)cc(OC)c1. The molecule has 0 fully saturated rings. The van der Waals surface area contributed by atoms with E-state index in [2.05, 4.69) is 10.1 Å². The summed E-state index contributed by atoms with van der Waals surface area (Å²) in [6, 6.07) is 11.5. The lowest BCUT2D eigenvalue weighted by atomic mass is 10.0. The number of anilines is 2. The first-order valence-corrected chi connectivity index (χ1v) is 12.7. The molecule has 1 N–H and O–H groups in total. The molecule has 0 aliphatic carbocycles. The Hall–Kier alpha value is -3.66. The molecule has 6 nitrogen and oxygen atoms in total. The van der Waals surface area contributed by atoms with Gasteiger partial charge in [-0.15, -0.1) is 13.2 Å². The zero-order chi connectivity index (χ0) is 28.2. The molecule has 1 aliphatic heterocycles. The average molecular weight is 567 g/mol. The molecule has 4 rings (SSSR count). The van der Waals surface area contributed by atoms with Crippen molar-refractivity contribution in [1.82, 2.24) is 0 Å². The number of carbonyl (C=O) groups excluding carboxylic acids is 1. The maximum absolute atomic E-state index is 15.1. The molecule has 3 aromatic carbocycles. The Bertz CT molecular complexity index is 1340. The van der Waals surface area contributed by atoms with Crippen molar-refractivity contribution < 1.29 is 36.6 Å². The number of methoxy groups -OCH3 is 1. The molecule has 0 radical (unpaired) electrons. The van der Waals surface area contributed by atoms with Crippen LogP contribution in [0.3, 0.4) is 0 Å². The van der Waals surface area contributed by atoms with Gasteiger partial charge in [-0.3, -0.25) is 4.79 Å². The van der Waals surface area contributed by atoms with Crippen LogP contribution >= 0.6 is 11.6 Å². The van der Waals surface area contributed by atoms with Gasteiger partial charge in [-0.25, -0.2) is 4.39 Å². The van der Waals surface area contributed by atoms with Crippen molar-refractivity contribution in [3.8, 4) is 17.2 Å². The molecule has 1 atom stereocenters. The zero-order valence-electron chi connectivity index (χ0n) is 21.3. The van der Waals surface area contributed by atoms with Crippen LogP contribution in [0.2, 0.25) is 5.02 Å². The molecule has 1 amide bonds. The Balaban J connectivity index is 1.70. The van der Waals surface area contributed by atoms with Crippen molar-refractivity contribution in [3.63, 3.8) is 0 Å². The van der Waals surface area contributed by atoms with E-state index >= 15 is 4.39 Å². The standard InChI is InChI=1S/C28H27ClF4N2O4/c1-3-4-11-38-22-14-19(13-21(15-22)37-2)34-26(23-8-6-18(29)12-24(23)30)27(36)35-10-9-17-5-7-20(16-25(17)35)39-28(31,32)33/h5-8,12-16,26,34H,3-4,9-11H2,1-2H3. The Morgan fingerprint density at radius 1 is 1.08 bits per heavy atom. The van der Waals surface area contributed by atoms with Gasteiger partial charge >= 0.3 is 6.36 Å². The Kier molecular flexibility index (Phi) is 8.74. The van der Waals surface area contributed by atoms with E-state index < -0.39 is 29.9 Å². The molecular weight excluding hydrogens is 540 g/mol. The molecule has 0 saturated carbocycles. The van der Waals surface area contributed by atoms with E-state index in [-0.39, 0.29) is 22.8 Å². The summed E-state index contributed by atoms with van der Waals surface area (Å²) in [6.45, 7) is 2.71. The van der Waals surface area contributed by atoms with E-state index in [0.717, 1.165) is 25.0 Å². The fraction of sp³-hybridized carbons (Fsp3) is 0.321. The number of hydrogen-bond acceptors (Lipinski definition) is 5. The minimum absolute atomic E-state index is 0.0109. The summed E-state index contributed by atoms with van der Waals surface area (Å²) >= 11 is 5.95. The smallest absolute Gasteiger partial charge is 0.497 e. The largest absolute Gasteiger partial charge is 0.573 e. The lowest BCUT2D eigenvalue weighted by Crippen LogP contribution is -2.37. The summed E-state index contributed by atoms with van der Waals surface area (Å²) in [7, 11) is 1.48. The van der Waals surface area contributed by atoms with E-state index in [1.807, 2.05) is 6.92 Å². The Morgan fingerprint density at radius 3 is 2.54 bits per heavy atom. The third kappa shape index (κ3) is 7.06. The number of benzene rings is 3. The van der Waals surface area contributed by atoms with Crippen LogP contribution in [0, 0.1) is 5.82 Å². The number of hydrogen-bond donors (Lipinski definition) is 1. The summed E-state index contributed by atoms with van der Waals surface area (Å²) in [5.74, 6) is -0.798. The highest BCUT2D eigenvalue weighted by molar-refractivity contribution is 6.30. The summed E-state index contributed by atoms with van der Waals surface area (Å²) in [5.41, 5.74) is 1.36. The predicted octanol–water partition coefficient (Wildman–Crippen LogP) is 7.31. The Morgan fingerprint density at radius 2 is 1.85 bits per heavy atom. The van der Waals surface area contributed by atoms with Crippen LogP contribution in [0.4, 0.5) is 28.9 Å². The van der Waals surface area contributed by atoms with Gasteiger partial charge in [0.25, 0.3) is 5.91 Å². The lowest BCUT2D eigenvalue weighted by molar-refractivity contribution is -0.274. The molecule has 11 heteroatoms. The van der Waals surface area contributed by atoms with Crippen molar-refractivity contribution in [3.05, 3.63) is 76.6 Å². The number of amides is 1. The van der Waals surface area contributed by atoms with Gasteiger partial charge in [-0.2, -0.15) is 0 Å². The number of unbranched alkanes of at least 4 members (excludes halogenated alkanes) is 1. The van der Waals surface area contributed by atoms with Crippen LogP contribution in [0.1, 0.15) is 36.9 Å². The Labute approximate surface area is 228 Å². The van der Waals surface area contributed by atoms with Gasteiger partial charge in [0.1, 0.15) is 29.1 Å². The molecule has 1 aliphatic rings. The molecule has 0 saturated heterocycles. The van der Waals surface area contributed by atoms with Crippen LogP contribution in [0.15, 0.2) is 54.6 Å². The maximum Gasteiger partial charge on any atom is 0.573 e. The summed E-state index contributed by atoms with van der Waals surface area (Å²) in [6.07, 6.45) is -2.70. The number of carbonyl (C=O) groups is 1. The first-order valence-electron chi connectivity index (χ1n) is 12.3. The van der Waals surface area contributed by atoms with E-state index in [1.165, 1.54) is 36.3 Å². The highest BCUT2D eigenvalue weighted by Gasteiger charge is 2.35. The minimum atomic E-state index is -4.89. The van der Waals surface area contributed by atoms with Gasteiger partial charge < -0.3 is 24.4 Å². The first kappa shape index (κ1) is 28.4. The summed E-state index contributed by atoms with van der Waals surface area (Å²) < 4.78 is 68.8. The van der Waals surface area contributed by atoms with Gasteiger partial charge in [0.05, 0.1) is 19.4 Å².